The molecule has 5 heteroatoms. The molecule has 0 aliphatic carbocycles. The highest BCUT2D eigenvalue weighted by Gasteiger charge is 2.31. The van der Waals surface area contributed by atoms with E-state index in [9.17, 15) is 4.79 Å². The Labute approximate surface area is 122 Å². The van der Waals surface area contributed by atoms with Gasteiger partial charge < -0.3 is 10.6 Å². The number of benzene rings is 1. The van der Waals surface area contributed by atoms with Crippen LogP contribution < -0.4 is 5.73 Å². The Morgan fingerprint density at radius 3 is 3.00 bits per heavy atom. The highest BCUT2D eigenvalue weighted by Crippen LogP contribution is 2.31. The van der Waals surface area contributed by atoms with Gasteiger partial charge in [-0.1, -0.05) is 24.3 Å². The standard InChI is InChI=1S/C15H17N3OS/c1-10-14(20-9-17-10)15(19)18-7-6-11-4-2-3-5-12(11)13(18)8-16/h2-5,9,13H,6-8,16H2,1H3. The molecule has 1 atom stereocenters. The second-order valence-electron chi connectivity index (χ2n) is 4.97. The molecule has 0 radical (unpaired) electrons. The number of nitrogens with zero attached hydrogens (tertiary/aromatic N) is 2. The molecule has 1 aromatic heterocycles. The summed E-state index contributed by atoms with van der Waals surface area (Å²) in [7, 11) is 0. The smallest absolute Gasteiger partial charge is 0.266 e. The van der Waals surface area contributed by atoms with Gasteiger partial charge >= 0.3 is 0 Å². The van der Waals surface area contributed by atoms with Crippen LogP contribution in [0.2, 0.25) is 0 Å². The molecule has 0 saturated carbocycles. The molecule has 0 spiro atoms. The third-order valence-corrected chi connectivity index (χ3v) is 4.75. The van der Waals surface area contributed by atoms with Crippen LogP contribution in [-0.2, 0) is 6.42 Å². The Bertz CT molecular complexity index is 638. The van der Waals surface area contributed by atoms with E-state index in [-0.39, 0.29) is 11.9 Å². The zero-order chi connectivity index (χ0) is 14.1. The molecular weight excluding hydrogens is 270 g/mol. The largest absolute Gasteiger partial charge is 0.329 e. The van der Waals surface area contributed by atoms with E-state index in [0.717, 1.165) is 23.5 Å². The van der Waals surface area contributed by atoms with Crippen molar-refractivity contribution in [1.29, 1.82) is 0 Å². The Hall–Kier alpha value is -1.72. The number of hydrogen-bond acceptors (Lipinski definition) is 4. The van der Waals surface area contributed by atoms with Gasteiger partial charge in [0.05, 0.1) is 17.2 Å². The summed E-state index contributed by atoms with van der Waals surface area (Å²) in [5.41, 5.74) is 10.9. The van der Waals surface area contributed by atoms with E-state index in [1.165, 1.54) is 22.5 Å². The van der Waals surface area contributed by atoms with Crippen molar-refractivity contribution in [2.45, 2.75) is 19.4 Å². The Kier molecular flexibility index (Phi) is 3.54. The van der Waals surface area contributed by atoms with Gasteiger partial charge in [-0.15, -0.1) is 11.3 Å². The van der Waals surface area contributed by atoms with Gasteiger partial charge in [0.1, 0.15) is 4.88 Å². The van der Waals surface area contributed by atoms with Crippen LogP contribution in [-0.4, -0.2) is 28.9 Å². The maximum atomic E-state index is 12.7. The molecule has 20 heavy (non-hydrogen) atoms. The van der Waals surface area contributed by atoms with E-state index in [4.69, 9.17) is 5.73 Å². The monoisotopic (exact) mass is 287 g/mol. The lowest BCUT2D eigenvalue weighted by Gasteiger charge is -2.36. The molecule has 3 rings (SSSR count). The Balaban J connectivity index is 1.96. The molecule has 2 N–H and O–H groups in total. The van der Waals surface area contributed by atoms with Crippen molar-refractivity contribution in [3.05, 3.63) is 51.5 Å². The number of amides is 1. The van der Waals surface area contributed by atoms with Gasteiger partial charge in [0.15, 0.2) is 0 Å². The maximum absolute atomic E-state index is 12.7. The number of carbonyl (C=O) groups excluding carboxylic acids is 1. The molecule has 1 aliphatic rings. The summed E-state index contributed by atoms with van der Waals surface area (Å²) in [6.45, 7) is 3.04. The number of fused-ring (bicyclic) bond motifs is 1. The average molecular weight is 287 g/mol. The number of rotatable bonds is 2. The highest BCUT2D eigenvalue weighted by molar-refractivity contribution is 7.11. The number of hydrogen-bond donors (Lipinski definition) is 1. The van der Waals surface area contributed by atoms with Gasteiger partial charge in [-0.05, 0) is 24.5 Å². The van der Waals surface area contributed by atoms with Gasteiger partial charge in [0.2, 0.25) is 0 Å². The first-order chi connectivity index (χ1) is 9.72. The predicted octanol–water partition coefficient (Wildman–Crippen LogP) is 2.15. The zero-order valence-corrected chi connectivity index (χ0v) is 12.2. The lowest BCUT2D eigenvalue weighted by atomic mass is 9.92. The highest BCUT2D eigenvalue weighted by atomic mass is 32.1. The van der Waals surface area contributed by atoms with E-state index in [1.54, 1.807) is 5.51 Å². The molecule has 1 aromatic carbocycles. The topological polar surface area (TPSA) is 59.2 Å². The first-order valence-electron chi connectivity index (χ1n) is 6.71. The molecule has 1 amide bonds. The summed E-state index contributed by atoms with van der Waals surface area (Å²) in [6.07, 6.45) is 0.885. The molecule has 4 nitrogen and oxygen atoms in total. The lowest BCUT2D eigenvalue weighted by Crippen LogP contribution is -2.43. The summed E-state index contributed by atoms with van der Waals surface area (Å²) in [6, 6.07) is 8.21. The number of carbonyl (C=O) groups is 1. The third kappa shape index (κ3) is 2.13. The number of aryl methyl sites for hydroxylation is 1. The van der Waals surface area contributed by atoms with Crippen molar-refractivity contribution in [2.75, 3.05) is 13.1 Å². The van der Waals surface area contributed by atoms with Crippen molar-refractivity contribution in [3.8, 4) is 0 Å². The first kappa shape index (κ1) is 13.3. The molecule has 2 aromatic rings. The normalized spacial score (nSPS) is 17.9. The van der Waals surface area contributed by atoms with Crippen LogP contribution in [0.25, 0.3) is 0 Å². The fourth-order valence-electron chi connectivity index (χ4n) is 2.79. The maximum Gasteiger partial charge on any atom is 0.266 e. The van der Waals surface area contributed by atoms with Crippen LogP contribution in [0.15, 0.2) is 29.8 Å². The van der Waals surface area contributed by atoms with E-state index >= 15 is 0 Å². The predicted molar refractivity (Wildman–Crippen MR) is 79.8 cm³/mol. The number of thiazole rings is 1. The number of nitrogens with two attached hydrogens (primary N) is 1. The lowest BCUT2D eigenvalue weighted by molar-refractivity contribution is 0.0672. The van der Waals surface area contributed by atoms with Crippen molar-refractivity contribution in [3.63, 3.8) is 0 Å². The second-order valence-corrected chi connectivity index (χ2v) is 5.82. The van der Waals surface area contributed by atoms with E-state index in [0.29, 0.717) is 6.54 Å². The van der Waals surface area contributed by atoms with Crippen LogP contribution in [0.1, 0.15) is 32.5 Å². The SMILES string of the molecule is Cc1ncsc1C(=O)N1CCc2ccccc2C1CN. The minimum absolute atomic E-state index is 0.0334. The fraction of sp³-hybridized carbons (Fsp3) is 0.333. The van der Waals surface area contributed by atoms with Crippen molar-refractivity contribution >= 4 is 17.2 Å². The molecule has 104 valence electrons. The van der Waals surface area contributed by atoms with Crippen molar-refractivity contribution < 1.29 is 4.79 Å². The van der Waals surface area contributed by atoms with Crippen LogP contribution in [0.3, 0.4) is 0 Å². The molecular formula is C15H17N3OS. The van der Waals surface area contributed by atoms with Gasteiger partial charge in [-0.2, -0.15) is 0 Å². The molecule has 0 bridgehead atoms. The van der Waals surface area contributed by atoms with Gasteiger partial charge in [-0.3, -0.25) is 4.79 Å². The van der Waals surface area contributed by atoms with Crippen LogP contribution in [0, 0.1) is 6.92 Å². The summed E-state index contributed by atoms with van der Waals surface area (Å²) >= 11 is 1.40. The fourth-order valence-corrected chi connectivity index (χ4v) is 3.54. The molecule has 0 fully saturated rings. The first-order valence-corrected chi connectivity index (χ1v) is 7.59. The minimum atomic E-state index is -0.0334. The average Bonchev–Trinajstić information content (AvgIpc) is 2.91. The van der Waals surface area contributed by atoms with Crippen LogP contribution in [0.5, 0.6) is 0 Å². The third-order valence-electron chi connectivity index (χ3n) is 3.84. The quantitative estimate of drug-likeness (QED) is 0.920. The zero-order valence-electron chi connectivity index (χ0n) is 11.4. The van der Waals surface area contributed by atoms with Crippen molar-refractivity contribution in [1.82, 2.24) is 9.88 Å². The van der Waals surface area contributed by atoms with E-state index < -0.39 is 0 Å². The molecule has 1 aliphatic heterocycles. The second kappa shape index (κ2) is 5.34. The minimum Gasteiger partial charge on any atom is -0.329 e. The molecule has 1 unspecified atom stereocenters. The summed E-state index contributed by atoms with van der Waals surface area (Å²) in [5.74, 6) is 0.0509. The summed E-state index contributed by atoms with van der Waals surface area (Å²) in [4.78, 5) is 19.5. The van der Waals surface area contributed by atoms with E-state index in [2.05, 4.69) is 17.1 Å². The summed E-state index contributed by atoms with van der Waals surface area (Å²) < 4.78 is 0. The summed E-state index contributed by atoms with van der Waals surface area (Å²) in [5, 5.41) is 0. The Morgan fingerprint density at radius 1 is 1.50 bits per heavy atom. The van der Waals surface area contributed by atoms with Gasteiger partial charge in [-0.25, -0.2) is 4.98 Å². The molecule has 0 saturated heterocycles. The van der Waals surface area contributed by atoms with Gasteiger partial charge in [0.25, 0.3) is 5.91 Å². The van der Waals surface area contributed by atoms with Crippen molar-refractivity contribution in [2.24, 2.45) is 5.73 Å². The van der Waals surface area contributed by atoms with Crippen LogP contribution in [0.4, 0.5) is 0 Å². The number of aromatic nitrogens is 1. The van der Waals surface area contributed by atoms with Crippen LogP contribution >= 0.6 is 11.3 Å². The Morgan fingerprint density at radius 2 is 2.30 bits per heavy atom. The molecule has 2 heterocycles. The van der Waals surface area contributed by atoms with E-state index in [1.807, 2.05) is 24.0 Å². The van der Waals surface area contributed by atoms with Gasteiger partial charge in [0, 0.05) is 13.1 Å².